The van der Waals surface area contributed by atoms with Crippen LogP contribution in [0.1, 0.15) is 50.5 Å². The first kappa shape index (κ1) is 14.1. The van der Waals surface area contributed by atoms with E-state index >= 15 is 0 Å². The van der Waals surface area contributed by atoms with E-state index in [4.69, 9.17) is 4.84 Å². The van der Waals surface area contributed by atoms with Crippen LogP contribution in [0.2, 0.25) is 0 Å². The maximum absolute atomic E-state index is 11.6. The van der Waals surface area contributed by atoms with Crippen LogP contribution in [-0.2, 0) is 16.2 Å². The molecule has 0 aromatic heterocycles. The van der Waals surface area contributed by atoms with E-state index in [1.807, 2.05) is 30.3 Å². The van der Waals surface area contributed by atoms with E-state index in [0.29, 0.717) is 13.0 Å². The van der Waals surface area contributed by atoms with Gasteiger partial charge in [0.2, 0.25) is 5.91 Å². The van der Waals surface area contributed by atoms with Crippen molar-refractivity contribution in [3.8, 4) is 0 Å². The minimum absolute atomic E-state index is 0.00139. The van der Waals surface area contributed by atoms with Crippen LogP contribution in [0.25, 0.3) is 0 Å². The lowest BCUT2D eigenvalue weighted by Gasteiger charge is -2.20. The van der Waals surface area contributed by atoms with Crippen LogP contribution in [0, 0.1) is 5.92 Å². The van der Waals surface area contributed by atoms with Gasteiger partial charge < -0.3 is 0 Å². The molecular weight excluding hydrogens is 238 g/mol. The van der Waals surface area contributed by atoms with Gasteiger partial charge in [-0.2, -0.15) is 0 Å². The van der Waals surface area contributed by atoms with E-state index < -0.39 is 0 Å². The van der Waals surface area contributed by atoms with Crippen LogP contribution < -0.4 is 5.48 Å². The quantitative estimate of drug-likeness (QED) is 0.795. The lowest BCUT2D eigenvalue weighted by atomic mass is 9.86. The highest BCUT2D eigenvalue weighted by molar-refractivity contribution is 5.74. The predicted octanol–water partition coefficient (Wildman–Crippen LogP) is 3.59. The molecule has 3 heteroatoms. The van der Waals surface area contributed by atoms with Crippen molar-refractivity contribution in [2.24, 2.45) is 5.92 Å². The molecule has 0 radical (unpaired) electrons. The Morgan fingerprint density at radius 2 is 1.89 bits per heavy atom. The number of carbonyl (C=O) groups is 1. The zero-order valence-electron chi connectivity index (χ0n) is 11.4. The van der Waals surface area contributed by atoms with Crippen molar-refractivity contribution in [3.63, 3.8) is 0 Å². The Labute approximate surface area is 115 Å². The van der Waals surface area contributed by atoms with Crippen molar-refractivity contribution in [1.29, 1.82) is 0 Å². The Bertz CT molecular complexity index is 372. The van der Waals surface area contributed by atoms with Gasteiger partial charge in [-0.05, 0) is 17.9 Å². The summed E-state index contributed by atoms with van der Waals surface area (Å²) in [7, 11) is 0. The first-order valence-corrected chi connectivity index (χ1v) is 7.29. The second kappa shape index (κ2) is 7.95. The fourth-order valence-corrected chi connectivity index (χ4v) is 2.64. The largest absolute Gasteiger partial charge is 0.273 e. The minimum Gasteiger partial charge on any atom is -0.273 e. The SMILES string of the molecule is O=C(CCC1CCCCC1)NOCc1ccccc1. The summed E-state index contributed by atoms with van der Waals surface area (Å²) < 4.78 is 0. The molecule has 0 unspecified atom stereocenters. The van der Waals surface area contributed by atoms with Gasteiger partial charge in [0.15, 0.2) is 0 Å². The molecule has 1 aliphatic rings. The van der Waals surface area contributed by atoms with Gasteiger partial charge in [-0.1, -0.05) is 62.4 Å². The molecular formula is C16H23NO2. The van der Waals surface area contributed by atoms with Crippen LogP contribution in [-0.4, -0.2) is 5.91 Å². The average molecular weight is 261 g/mol. The lowest BCUT2D eigenvalue weighted by Crippen LogP contribution is -2.24. The molecule has 104 valence electrons. The van der Waals surface area contributed by atoms with Crippen molar-refractivity contribution >= 4 is 5.91 Å². The zero-order valence-corrected chi connectivity index (χ0v) is 11.4. The predicted molar refractivity (Wildman–Crippen MR) is 75.2 cm³/mol. The summed E-state index contributed by atoms with van der Waals surface area (Å²) in [5, 5.41) is 0. The summed E-state index contributed by atoms with van der Waals surface area (Å²) in [5.74, 6) is 0.745. The summed E-state index contributed by atoms with van der Waals surface area (Å²) in [6, 6.07) is 9.85. The molecule has 1 aliphatic carbocycles. The van der Waals surface area contributed by atoms with Crippen LogP contribution >= 0.6 is 0 Å². The zero-order chi connectivity index (χ0) is 13.3. The standard InChI is InChI=1S/C16H23NO2/c18-16(12-11-14-7-3-1-4-8-14)17-19-13-15-9-5-2-6-10-15/h2,5-6,9-10,14H,1,3-4,7-8,11-13H2,(H,17,18). The van der Waals surface area contributed by atoms with Gasteiger partial charge in [0, 0.05) is 6.42 Å². The van der Waals surface area contributed by atoms with Crippen molar-refractivity contribution in [3.05, 3.63) is 35.9 Å². The van der Waals surface area contributed by atoms with Crippen molar-refractivity contribution in [2.75, 3.05) is 0 Å². The molecule has 0 bridgehead atoms. The van der Waals surface area contributed by atoms with Crippen LogP contribution in [0.15, 0.2) is 30.3 Å². The lowest BCUT2D eigenvalue weighted by molar-refractivity contribution is -0.134. The molecule has 0 atom stereocenters. The monoisotopic (exact) mass is 261 g/mol. The van der Waals surface area contributed by atoms with Crippen LogP contribution in [0.3, 0.4) is 0 Å². The molecule has 3 nitrogen and oxygen atoms in total. The molecule has 1 fully saturated rings. The highest BCUT2D eigenvalue weighted by Gasteiger charge is 2.14. The van der Waals surface area contributed by atoms with Gasteiger partial charge in [-0.15, -0.1) is 0 Å². The van der Waals surface area contributed by atoms with Crippen LogP contribution in [0.5, 0.6) is 0 Å². The van der Waals surface area contributed by atoms with Crippen LogP contribution in [0.4, 0.5) is 0 Å². The highest BCUT2D eigenvalue weighted by Crippen LogP contribution is 2.27. The van der Waals surface area contributed by atoms with E-state index in [9.17, 15) is 4.79 Å². The topological polar surface area (TPSA) is 38.3 Å². The fourth-order valence-electron chi connectivity index (χ4n) is 2.64. The average Bonchev–Trinajstić information content (AvgIpc) is 2.47. The fraction of sp³-hybridized carbons (Fsp3) is 0.562. The third kappa shape index (κ3) is 5.43. The van der Waals surface area contributed by atoms with E-state index in [0.717, 1.165) is 17.9 Å². The second-order valence-electron chi connectivity index (χ2n) is 5.34. The normalized spacial score (nSPS) is 16.2. The van der Waals surface area contributed by atoms with E-state index in [1.54, 1.807) is 0 Å². The summed E-state index contributed by atoms with van der Waals surface area (Å²) in [6.45, 7) is 0.427. The molecule has 1 aromatic carbocycles. The maximum Gasteiger partial charge on any atom is 0.243 e. The molecule has 0 heterocycles. The van der Waals surface area contributed by atoms with Crippen molar-refractivity contribution < 1.29 is 9.63 Å². The van der Waals surface area contributed by atoms with Gasteiger partial charge in [0.25, 0.3) is 0 Å². The van der Waals surface area contributed by atoms with Gasteiger partial charge in [0.05, 0.1) is 6.61 Å². The van der Waals surface area contributed by atoms with Crippen molar-refractivity contribution in [1.82, 2.24) is 5.48 Å². The molecule has 0 aliphatic heterocycles. The Hall–Kier alpha value is -1.35. The minimum atomic E-state index is 0.00139. The third-order valence-electron chi connectivity index (χ3n) is 3.77. The number of hydrogen-bond acceptors (Lipinski definition) is 2. The van der Waals surface area contributed by atoms with E-state index in [-0.39, 0.29) is 5.91 Å². The molecule has 1 aromatic rings. The van der Waals surface area contributed by atoms with Gasteiger partial charge >= 0.3 is 0 Å². The number of hydrogen-bond donors (Lipinski definition) is 1. The molecule has 2 rings (SSSR count). The summed E-state index contributed by atoms with van der Waals surface area (Å²) in [6.07, 6.45) is 8.19. The summed E-state index contributed by atoms with van der Waals surface area (Å²) >= 11 is 0. The van der Waals surface area contributed by atoms with Gasteiger partial charge in [-0.3, -0.25) is 9.63 Å². The Balaban J connectivity index is 1.57. The third-order valence-corrected chi connectivity index (χ3v) is 3.77. The van der Waals surface area contributed by atoms with Gasteiger partial charge in [0.1, 0.15) is 0 Å². The number of rotatable bonds is 6. The smallest absolute Gasteiger partial charge is 0.243 e. The van der Waals surface area contributed by atoms with E-state index in [2.05, 4.69) is 5.48 Å². The first-order valence-electron chi connectivity index (χ1n) is 7.29. The molecule has 19 heavy (non-hydrogen) atoms. The summed E-state index contributed by atoms with van der Waals surface area (Å²) in [4.78, 5) is 16.9. The van der Waals surface area contributed by atoms with Gasteiger partial charge in [-0.25, -0.2) is 5.48 Å². The van der Waals surface area contributed by atoms with Crippen molar-refractivity contribution in [2.45, 2.75) is 51.6 Å². The molecule has 1 N–H and O–H groups in total. The number of hydroxylamine groups is 1. The molecule has 0 saturated heterocycles. The molecule has 1 saturated carbocycles. The molecule has 0 spiro atoms. The summed E-state index contributed by atoms with van der Waals surface area (Å²) in [5.41, 5.74) is 3.60. The van der Waals surface area contributed by atoms with E-state index in [1.165, 1.54) is 32.1 Å². The number of benzene rings is 1. The molecule has 1 amide bonds. The maximum atomic E-state index is 11.6. The number of amides is 1. The number of nitrogens with one attached hydrogen (secondary N) is 1. The number of carbonyl (C=O) groups excluding carboxylic acids is 1. The second-order valence-corrected chi connectivity index (χ2v) is 5.34. The first-order chi connectivity index (χ1) is 9.34. The Kier molecular flexibility index (Phi) is 5.89. The Morgan fingerprint density at radius 3 is 2.63 bits per heavy atom. The highest BCUT2D eigenvalue weighted by atomic mass is 16.6. The Morgan fingerprint density at radius 1 is 1.16 bits per heavy atom.